The van der Waals surface area contributed by atoms with Crippen molar-refractivity contribution in [2.45, 2.75) is 6.18 Å². The van der Waals surface area contributed by atoms with Crippen LogP contribution in [0.3, 0.4) is 0 Å². The van der Waals surface area contributed by atoms with Gasteiger partial charge >= 0.3 is 12.1 Å². The van der Waals surface area contributed by atoms with Crippen molar-refractivity contribution in [1.82, 2.24) is 9.78 Å². The molecule has 8 heteroatoms. The molecule has 5 nitrogen and oxygen atoms in total. The van der Waals surface area contributed by atoms with E-state index in [2.05, 4.69) is 5.10 Å². The minimum absolute atomic E-state index is 0.183. The summed E-state index contributed by atoms with van der Waals surface area (Å²) in [6, 6.07) is 6.13. The number of carboxylic acids is 1. The van der Waals surface area contributed by atoms with Crippen LogP contribution in [0.5, 0.6) is 0 Å². The Morgan fingerprint density at radius 3 is 2.32 bits per heavy atom. The van der Waals surface area contributed by atoms with Crippen LogP contribution in [0.15, 0.2) is 30.3 Å². The standard InChI is InChI=1S/C11H8F3N3O2/c12-11(13,14)9-5-8(10(18)19)17(16-9)7-3-1-6(15)2-4-7/h1-5H,15H2,(H,18,19). The lowest BCUT2D eigenvalue weighted by Gasteiger charge is -2.05. The molecule has 0 aliphatic rings. The highest BCUT2D eigenvalue weighted by Crippen LogP contribution is 2.29. The number of nitrogens with zero attached hydrogens (tertiary/aromatic N) is 2. The summed E-state index contributed by atoms with van der Waals surface area (Å²) >= 11 is 0. The topological polar surface area (TPSA) is 81.1 Å². The first-order chi connectivity index (χ1) is 8.79. The molecule has 0 unspecified atom stereocenters. The highest BCUT2D eigenvalue weighted by molar-refractivity contribution is 5.86. The molecule has 100 valence electrons. The molecule has 0 radical (unpaired) electrons. The number of aromatic carboxylic acids is 1. The second kappa shape index (κ2) is 4.30. The molecule has 19 heavy (non-hydrogen) atoms. The van der Waals surface area contributed by atoms with E-state index >= 15 is 0 Å². The average molecular weight is 271 g/mol. The summed E-state index contributed by atoms with van der Waals surface area (Å²) in [6.45, 7) is 0. The summed E-state index contributed by atoms with van der Waals surface area (Å²) in [7, 11) is 0. The van der Waals surface area contributed by atoms with Crippen LogP contribution in [0.4, 0.5) is 18.9 Å². The fraction of sp³-hybridized carbons (Fsp3) is 0.0909. The number of rotatable bonds is 2. The van der Waals surface area contributed by atoms with Crippen LogP contribution in [0.1, 0.15) is 16.2 Å². The molecule has 1 aromatic heterocycles. The third-order valence-corrected chi connectivity index (χ3v) is 2.36. The van der Waals surface area contributed by atoms with Crippen molar-refractivity contribution in [2.75, 3.05) is 5.73 Å². The molecule has 0 spiro atoms. The third-order valence-electron chi connectivity index (χ3n) is 2.36. The second-order valence-corrected chi connectivity index (χ2v) is 3.72. The third kappa shape index (κ3) is 2.51. The summed E-state index contributed by atoms with van der Waals surface area (Å²) in [5.74, 6) is -1.50. The van der Waals surface area contributed by atoms with E-state index in [9.17, 15) is 18.0 Å². The number of alkyl halides is 3. The summed E-state index contributed by atoms with van der Waals surface area (Å²) < 4.78 is 38.3. The Balaban J connectivity index is 2.58. The van der Waals surface area contributed by atoms with Gasteiger partial charge in [-0.1, -0.05) is 0 Å². The van der Waals surface area contributed by atoms with E-state index in [4.69, 9.17) is 10.8 Å². The molecule has 3 N–H and O–H groups in total. The highest BCUT2D eigenvalue weighted by atomic mass is 19.4. The number of aromatic nitrogens is 2. The fourth-order valence-electron chi connectivity index (χ4n) is 1.48. The van der Waals surface area contributed by atoms with Gasteiger partial charge < -0.3 is 10.8 Å². The predicted octanol–water partition coefficient (Wildman–Crippen LogP) is 2.17. The molecular weight excluding hydrogens is 263 g/mol. The quantitative estimate of drug-likeness (QED) is 0.820. The number of carboxylic acid groups (broad SMARTS) is 1. The Kier molecular flexibility index (Phi) is 2.93. The molecule has 1 aromatic carbocycles. The van der Waals surface area contributed by atoms with Crippen molar-refractivity contribution in [3.05, 3.63) is 41.7 Å². The fourth-order valence-corrected chi connectivity index (χ4v) is 1.48. The van der Waals surface area contributed by atoms with Crippen molar-refractivity contribution >= 4 is 11.7 Å². The number of nitrogen functional groups attached to an aromatic ring is 1. The average Bonchev–Trinajstić information content (AvgIpc) is 2.74. The second-order valence-electron chi connectivity index (χ2n) is 3.72. The smallest absolute Gasteiger partial charge is 0.435 e. The summed E-state index contributed by atoms with van der Waals surface area (Å²) in [5, 5.41) is 12.2. The van der Waals surface area contributed by atoms with E-state index in [1.807, 2.05) is 0 Å². The predicted molar refractivity (Wildman–Crippen MR) is 59.9 cm³/mol. The molecule has 0 aliphatic carbocycles. The van der Waals surface area contributed by atoms with Crippen LogP contribution in [-0.2, 0) is 6.18 Å². The molecule has 0 fully saturated rings. The molecule has 0 amide bonds. The maximum atomic E-state index is 12.5. The van der Waals surface area contributed by atoms with E-state index in [-0.39, 0.29) is 5.69 Å². The molecule has 0 bridgehead atoms. The van der Waals surface area contributed by atoms with E-state index in [0.29, 0.717) is 16.4 Å². The number of hydrogen-bond acceptors (Lipinski definition) is 3. The van der Waals surface area contributed by atoms with E-state index in [1.54, 1.807) is 0 Å². The minimum Gasteiger partial charge on any atom is -0.477 e. The Morgan fingerprint density at radius 2 is 1.84 bits per heavy atom. The number of hydrogen-bond donors (Lipinski definition) is 2. The molecular formula is C11H8F3N3O2. The van der Waals surface area contributed by atoms with Crippen molar-refractivity contribution in [2.24, 2.45) is 0 Å². The molecule has 0 aliphatic heterocycles. The van der Waals surface area contributed by atoms with Crippen molar-refractivity contribution in [3.8, 4) is 5.69 Å². The van der Waals surface area contributed by atoms with Gasteiger partial charge in [-0.3, -0.25) is 0 Å². The number of anilines is 1. The summed E-state index contributed by atoms with van der Waals surface area (Å²) in [4.78, 5) is 10.9. The highest BCUT2D eigenvalue weighted by Gasteiger charge is 2.36. The van der Waals surface area contributed by atoms with Crippen LogP contribution < -0.4 is 5.73 Å². The van der Waals surface area contributed by atoms with Crippen LogP contribution in [0, 0.1) is 0 Å². The van der Waals surface area contributed by atoms with Gasteiger partial charge in [0.25, 0.3) is 0 Å². The number of benzene rings is 1. The van der Waals surface area contributed by atoms with Gasteiger partial charge in [0.2, 0.25) is 0 Å². The summed E-state index contributed by atoms with van der Waals surface area (Å²) in [5.41, 5.74) is 4.21. The monoisotopic (exact) mass is 271 g/mol. The molecule has 0 atom stereocenters. The van der Waals surface area contributed by atoms with Gasteiger partial charge in [-0.25, -0.2) is 9.48 Å². The van der Waals surface area contributed by atoms with Crippen LogP contribution >= 0.6 is 0 Å². The SMILES string of the molecule is Nc1ccc(-n2nc(C(F)(F)F)cc2C(=O)O)cc1. The van der Waals surface area contributed by atoms with Gasteiger partial charge in [0.1, 0.15) is 0 Å². The Hall–Kier alpha value is -2.51. The van der Waals surface area contributed by atoms with E-state index in [0.717, 1.165) is 0 Å². The van der Waals surface area contributed by atoms with Gasteiger partial charge in [0, 0.05) is 11.8 Å². The molecule has 1 heterocycles. The lowest BCUT2D eigenvalue weighted by atomic mass is 10.3. The largest absolute Gasteiger partial charge is 0.477 e. The van der Waals surface area contributed by atoms with E-state index in [1.165, 1.54) is 24.3 Å². The zero-order valence-corrected chi connectivity index (χ0v) is 9.35. The van der Waals surface area contributed by atoms with Gasteiger partial charge in [0.05, 0.1) is 5.69 Å². The molecule has 0 saturated heterocycles. The van der Waals surface area contributed by atoms with Gasteiger partial charge in [-0.2, -0.15) is 18.3 Å². The van der Waals surface area contributed by atoms with Gasteiger partial charge in [0.15, 0.2) is 11.4 Å². The van der Waals surface area contributed by atoms with E-state index < -0.39 is 23.5 Å². The number of carbonyl (C=O) groups is 1. The molecule has 2 aromatic rings. The van der Waals surface area contributed by atoms with Crippen molar-refractivity contribution in [1.29, 1.82) is 0 Å². The minimum atomic E-state index is -4.71. The van der Waals surface area contributed by atoms with Crippen LogP contribution in [0.2, 0.25) is 0 Å². The normalized spacial score (nSPS) is 11.5. The zero-order valence-electron chi connectivity index (χ0n) is 9.35. The van der Waals surface area contributed by atoms with Gasteiger partial charge in [-0.15, -0.1) is 0 Å². The maximum Gasteiger partial charge on any atom is 0.435 e. The van der Waals surface area contributed by atoms with Crippen LogP contribution in [0.25, 0.3) is 5.69 Å². The number of halogens is 3. The van der Waals surface area contributed by atoms with Crippen molar-refractivity contribution < 1.29 is 23.1 Å². The molecule has 2 rings (SSSR count). The maximum absolute atomic E-state index is 12.5. The lowest BCUT2D eigenvalue weighted by molar-refractivity contribution is -0.141. The Bertz CT molecular complexity index is 617. The van der Waals surface area contributed by atoms with Crippen molar-refractivity contribution in [3.63, 3.8) is 0 Å². The summed E-state index contributed by atoms with van der Waals surface area (Å²) in [6.07, 6.45) is -4.71. The lowest BCUT2D eigenvalue weighted by Crippen LogP contribution is -2.09. The zero-order chi connectivity index (χ0) is 14.2. The number of nitrogens with two attached hydrogens (primary N) is 1. The Labute approximate surface area is 105 Å². The van der Waals surface area contributed by atoms with Gasteiger partial charge in [-0.05, 0) is 24.3 Å². The first-order valence-corrected chi connectivity index (χ1v) is 5.05. The van der Waals surface area contributed by atoms with Crippen LogP contribution in [-0.4, -0.2) is 20.9 Å². The Morgan fingerprint density at radius 1 is 1.26 bits per heavy atom. The molecule has 0 saturated carbocycles. The first-order valence-electron chi connectivity index (χ1n) is 5.05. The first kappa shape index (κ1) is 12.9.